The van der Waals surface area contributed by atoms with Crippen molar-refractivity contribution in [2.24, 2.45) is 0 Å². The van der Waals surface area contributed by atoms with Crippen molar-refractivity contribution < 1.29 is 5.11 Å². The van der Waals surface area contributed by atoms with E-state index in [0.717, 1.165) is 5.69 Å². The Morgan fingerprint density at radius 3 is 2.86 bits per heavy atom. The summed E-state index contributed by atoms with van der Waals surface area (Å²) in [4.78, 5) is 3.92. The van der Waals surface area contributed by atoms with Gasteiger partial charge in [-0.05, 0) is 23.8 Å². The highest BCUT2D eigenvalue weighted by atomic mass is 16.3. The van der Waals surface area contributed by atoms with E-state index >= 15 is 0 Å². The van der Waals surface area contributed by atoms with Crippen molar-refractivity contribution in [3.8, 4) is 0 Å². The first-order chi connectivity index (χ1) is 10.3. The van der Waals surface area contributed by atoms with Gasteiger partial charge in [-0.1, -0.05) is 30.3 Å². The lowest BCUT2D eigenvalue weighted by Gasteiger charge is -2.05. The largest absolute Gasteiger partial charge is 0.381 e. The number of nitrogens with zero attached hydrogens (tertiary/aromatic N) is 4. The molecule has 6 nitrogen and oxygen atoms in total. The molecule has 0 bridgehead atoms. The highest BCUT2D eigenvalue weighted by Crippen LogP contribution is 2.12. The maximum Gasteiger partial charge on any atom is 0.157 e. The van der Waals surface area contributed by atoms with Gasteiger partial charge in [0.05, 0.1) is 12.2 Å². The van der Waals surface area contributed by atoms with E-state index in [9.17, 15) is 5.11 Å². The topological polar surface area (TPSA) is 79.6 Å². The van der Waals surface area contributed by atoms with E-state index < -0.39 is 6.10 Å². The Bertz CT molecular complexity index is 703. The van der Waals surface area contributed by atoms with Crippen LogP contribution >= 0.6 is 0 Å². The summed E-state index contributed by atoms with van der Waals surface area (Å²) < 4.78 is 1.87. The Morgan fingerprint density at radius 2 is 2.10 bits per heavy atom. The molecule has 2 N–H and O–H groups in total. The van der Waals surface area contributed by atoms with Crippen LogP contribution in [0.15, 0.2) is 55.0 Å². The second-order valence-electron chi connectivity index (χ2n) is 4.57. The van der Waals surface area contributed by atoms with Crippen LogP contribution in [-0.2, 0) is 6.54 Å². The Kier molecular flexibility index (Phi) is 3.88. The first-order valence-corrected chi connectivity index (χ1v) is 6.60. The highest BCUT2D eigenvalue weighted by Gasteiger charge is 2.06. The van der Waals surface area contributed by atoms with Crippen LogP contribution in [0.2, 0.25) is 0 Å². The Morgan fingerprint density at radius 1 is 1.24 bits per heavy atom. The second-order valence-corrected chi connectivity index (χ2v) is 4.57. The molecular formula is C15H15N5O. The van der Waals surface area contributed by atoms with E-state index in [1.54, 1.807) is 12.3 Å². The van der Waals surface area contributed by atoms with Crippen LogP contribution in [-0.4, -0.2) is 30.1 Å². The van der Waals surface area contributed by atoms with Crippen LogP contribution in [0.4, 0.5) is 0 Å². The van der Waals surface area contributed by atoms with Gasteiger partial charge in [0.1, 0.15) is 12.4 Å². The maximum atomic E-state index is 9.94. The van der Waals surface area contributed by atoms with Crippen molar-refractivity contribution in [2.75, 3.05) is 0 Å². The van der Waals surface area contributed by atoms with Crippen molar-refractivity contribution in [2.45, 2.75) is 12.6 Å². The molecule has 3 aromatic rings. The van der Waals surface area contributed by atoms with Gasteiger partial charge in [-0.15, -0.1) is 0 Å². The van der Waals surface area contributed by atoms with Gasteiger partial charge in [0.2, 0.25) is 0 Å². The summed E-state index contributed by atoms with van der Waals surface area (Å²) in [5.41, 5.74) is 2.09. The Hall–Kier alpha value is -2.73. The fraction of sp³-hybridized carbons (Fsp3) is 0.133. The number of aliphatic hydroxyl groups is 1. The quantitative estimate of drug-likeness (QED) is 0.747. The minimum absolute atomic E-state index is 0.417. The van der Waals surface area contributed by atoms with Crippen LogP contribution < -0.4 is 0 Å². The molecule has 2 heterocycles. The van der Waals surface area contributed by atoms with E-state index in [0.29, 0.717) is 12.4 Å². The summed E-state index contributed by atoms with van der Waals surface area (Å²) in [6.45, 7) is 0.686. The number of benzene rings is 1. The molecule has 3 rings (SSSR count). The molecule has 0 spiro atoms. The van der Waals surface area contributed by atoms with Crippen molar-refractivity contribution in [1.29, 1.82) is 0 Å². The van der Waals surface area contributed by atoms with Gasteiger partial charge in [0.15, 0.2) is 5.82 Å². The highest BCUT2D eigenvalue weighted by molar-refractivity contribution is 5.45. The molecule has 0 radical (unpaired) electrons. The summed E-state index contributed by atoms with van der Waals surface area (Å²) in [5.74, 6) is 0.417. The smallest absolute Gasteiger partial charge is 0.157 e. The third kappa shape index (κ3) is 3.24. The molecule has 6 heteroatoms. The van der Waals surface area contributed by atoms with Gasteiger partial charge in [0.25, 0.3) is 0 Å². The van der Waals surface area contributed by atoms with Crippen LogP contribution in [0.25, 0.3) is 6.08 Å². The van der Waals surface area contributed by atoms with E-state index in [1.807, 2.05) is 35.0 Å². The number of rotatable bonds is 5. The van der Waals surface area contributed by atoms with Crippen molar-refractivity contribution in [3.05, 3.63) is 72.1 Å². The number of aromatic nitrogens is 5. The monoisotopic (exact) mass is 281 g/mol. The first kappa shape index (κ1) is 13.3. The van der Waals surface area contributed by atoms with Crippen molar-refractivity contribution >= 4 is 6.08 Å². The minimum Gasteiger partial charge on any atom is -0.381 e. The summed E-state index contributed by atoms with van der Waals surface area (Å²) in [6.07, 6.45) is 5.77. The molecule has 2 aromatic heterocycles. The van der Waals surface area contributed by atoms with E-state index in [4.69, 9.17) is 0 Å². The fourth-order valence-electron chi connectivity index (χ4n) is 2.01. The third-order valence-electron chi connectivity index (χ3n) is 3.09. The van der Waals surface area contributed by atoms with Gasteiger partial charge in [-0.3, -0.25) is 9.78 Å². The predicted octanol–water partition coefficient (Wildman–Crippen LogP) is 1.80. The van der Waals surface area contributed by atoms with E-state index in [2.05, 4.69) is 32.4 Å². The predicted molar refractivity (Wildman–Crippen MR) is 78.1 cm³/mol. The molecule has 0 aliphatic heterocycles. The average Bonchev–Trinajstić information content (AvgIpc) is 3.18. The summed E-state index contributed by atoms with van der Waals surface area (Å²) >= 11 is 0. The number of H-pyrrole nitrogens is 1. The summed E-state index contributed by atoms with van der Waals surface area (Å²) in [5, 5.41) is 20.6. The van der Waals surface area contributed by atoms with E-state index in [-0.39, 0.29) is 0 Å². The summed E-state index contributed by atoms with van der Waals surface area (Å²) in [7, 11) is 0. The van der Waals surface area contributed by atoms with Crippen molar-refractivity contribution in [1.82, 2.24) is 25.0 Å². The SMILES string of the molecule is OC(C=Cc1ccnn1Cc1ccccc1)c1ncn[nH]1. The molecule has 1 aromatic carbocycles. The number of nitrogens with one attached hydrogen (secondary N) is 1. The maximum absolute atomic E-state index is 9.94. The molecule has 0 amide bonds. The van der Waals surface area contributed by atoms with Crippen LogP contribution in [0.3, 0.4) is 0 Å². The second kappa shape index (κ2) is 6.15. The Balaban J connectivity index is 1.73. The molecular weight excluding hydrogens is 266 g/mol. The van der Waals surface area contributed by atoms with Gasteiger partial charge >= 0.3 is 0 Å². The molecule has 0 aliphatic rings. The standard InChI is InChI=1S/C15H15N5O/c21-14(15-16-11-17-19-15)7-6-13-8-9-18-20(13)10-12-4-2-1-3-5-12/h1-9,11,14,21H,10H2,(H,16,17,19). The zero-order chi connectivity index (χ0) is 14.5. The average molecular weight is 281 g/mol. The van der Waals surface area contributed by atoms with Crippen LogP contribution in [0.1, 0.15) is 23.2 Å². The number of hydrogen-bond acceptors (Lipinski definition) is 4. The molecule has 21 heavy (non-hydrogen) atoms. The Labute approximate surface area is 121 Å². The summed E-state index contributed by atoms with van der Waals surface area (Å²) in [6, 6.07) is 12.0. The zero-order valence-electron chi connectivity index (χ0n) is 11.3. The number of hydrogen-bond donors (Lipinski definition) is 2. The molecule has 0 saturated carbocycles. The first-order valence-electron chi connectivity index (χ1n) is 6.60. The lowest BCUT2D eigenvalue weighted by atomic mass is 10.2. The van der Waals surface area contributed by atoms with E-state index in [1.165, 1.54) is 11.9 Å². The zero-order valence-corrected chi connectivity index (χ0v) is 11.3. The van der Waals surface area contributed by atoms with Gasteiger partial charge in [-0.2, -0.15) is 10.2 Å². The number of aliphatic hydroxyl groups excluding tert-OH is 1. The van der Waals surface area contributed by atoms with Gasteiger partial charge in [0, 0.05) is 6.20 Å². The lowest BCUT2D eigenvalue weighted by Crippen LogP contribution is -2.03. The van der Waals surface area contributed by atoms with Crippen molar-refractivity contribution in [3.63, 3.8) is 0 Å². The molecule has 0 aliphatic carbocycles. The molecule has 0 fully saturated rings. The minimum atomic E-state index is -0.812. The molecule has 1 atom stereocenters. The lowest BCUT2D eigenvalue weighted by molar-refractivity contribution is 0.219. The third-order valence-corrected chi connectivity index (χ3v) is 3.09. The van der Waals surface area contributed by atoms with Gasteiger partial charge in [-0.25, -0.2) is 4.98 Å². The molecule has 106 valence electrons. The normalized spacial score (nSPS) is 12.8. The van der Waals surface area contributed by atoms with Crippen LogP contribution in [0.5, 0.6) is 0 Å². The fourth-order valence-corrected chi connectivity index (χ4v) is 2.01. The molecule has 1 unspecified atom stereocenters. The van der Waals surface area contributed by atoms with Crippen LogP contribution in [0, 0.1) is 0 Å². The van der Waals surface area contributed by atoms with Gasteiger partial charge < -0.3 is 5.11 Å². The number of aromatic amines is 1. The molecule has 0 saturated heterocycles.